The van der Waals surface area contributed by atoms with Gasteiger partial charge in [-0.3, -0.25) is 4.79 Å². The van der Waals surface area contributed by atoms with Crippen molar-refractivity contribution in [3.63, 3.8) is 0 Å². The molecular formula is C16H25N3O. The second-order valence-electron chi connectivity index (χ2n) is 5.58. The molecule has 110 valence electrons. The molecule has 1 aromatic carbocycles. The zero-order valence-corrected chi connectivity index (χ0v) is 12.3. The number of nitrogens with zero attached hydrogens (tertiary/aromatic N) is 1. The molecule has 2 rings (SSSR count). The van der Waals surface area contributed by atoms with Crippen molar-refractivity contribution >= 4 is 5.91 Å². The largest absolute Gasteiger partial charge is 0.348 e. The van der Waals surface area contributed by atoms with Crippen LogP contribution in [-0.2, 0) is 6.42 Å². The first-order chi connectivity index (χ1) is 9.70. The molecule has 3 N–H and O–H groups in total. The van der Waals surface area contributed by atoms with Gasteiger partial charge in [0.25, 0.3) is 5.91 Å². The van der Waals surface area contributed by atoms with E-state index in [0.717, 1.165) is 37.2 Å². The highest BCUT2D eigenvalue weighted by atomic mass is 16.1. The number of nitrogens with two attached hydrogens (primary N) is 1. The predicted octanol–water partition coefficient (Wildman–Crippen LogP) is 1.40. The summed E-state index contributed by atoms with van der Waals surface area (Å²) in [6, 6.07) is 7.89. The average molecular weight is 275 g/mol. The molecule has 1 aliphatic heterocycles. The van der Waals surface area contributed by atoms with Crippen LogP contribution >= 0.6 is 0 Å². The van der Waals surface area contributed by atoms with Crippen LogP contribution in [0.5, 0.6) is 0 Å². The van der Waals surface area contributed by atoms with E-state index in [1.807, 2.05) is 24.3 Å². The van der Waals surface area contributed by atoms with Crippen molar-refractivity contribution in [2.24, 2.45) is 5.73 Å². The zero-order chi connectivity index (χ0) is 14.4. The van der Waals surface area contributed by atoms with Crippen LogP contribution in [-0.4, -0.2) is 43.0 Å². The summed E-state index contributed by atoms with van der Waals surface area (Å²) >= 11 is 0. The zero-order valence-electron chi connectivity index (χ0n) is 12.3. The Hall–Kier alpha value is -1.39. The Bertz CT molecular complexity index is 441. The first-order valence-corrected chi connectivity index (χ1v) is 7.52. The minimum Gasteiger partial charge on any atom is -0.348 e. The van der Waals surface area contributed by atoms with E-state index in [1.54, 1.807) is 0 Å². The number of rotatable bonds is 6. The van der Waals surface area contributed by atoms with Gasteiger partial charge in [-0.15, -0.1) is 0 Å². The van der Waals surface area contributed by atoms with Gasteiger partial charge in [0.05, 0.1) is 0 Å². The summed E-state index contributed by atoms with van der Waals surface area (Å²) in [5.41, 5.74) is 7.39. The third kappa shape index (κ3) is 4.05. The molecule has 0 spiro atoms. The second-order valence-corrected chi connectivity index (χ2v) is 5.58. The van der Waals surface area contributed by atoms with E-state index in [-0.39, 0.29) is 11.9 Å². The molecule has 20 heavy (non-hydrogen) atoms. The van der Waals surface area contributed by atoms with Crippen LogP contribution in [0.15, 0.2) is 24.3 Å². The van der Waals surface area contributed by atoms with Crippen LogP contribution in [0.3, 0.4) is 0 Å². The second kappa shape index (κ2) is 7.41. The van der Waals surface area contributed by atoms with Gasteiger partial charge in [0.2, 0.25) is 0 Å². The molecule has 1 fully saturated rings. The van der Waals surface area contributed by atoms with E-state index >= 15 is 0 Å². The van der Waals surface area contributed by atoms with Crippen molar-refractivity contribution in [1.82, 2.24) is 10.2 Å². The SMILES string of the molecule is CC(CN1CCCC1)NC(=O)c1ccccc1CCN. The molecule has 0 aliphatic carbocycles. The Morgan fingerprint density at radius 2 is 2.05 bits per heavy atom. The number of hydrogen-bond acceptors (Lipinski definition) is 3. The third-order valence-corrected chi connectivity index (χ3v) is 3.78. The highest BCUT2D eigenvalue weighted by molar-refractivity contribution is 5.95. The lowest BCUT2D eigenvalue weighted by Gasteiger charge is -2.21. The Balaban J connectivity index is 1.93. The predicted molar refractivity (Wildman–Crippen MR) is 81.8 cm³/mol. The van der Waals surface area contributed by atoms with Gasteiger partial charge in [-0.25, -0.2) is 0 Å². The molecule has 1 heterocycles. The highest BCUT2D eigenvalue weighted by Gasteiger charge is 2.17. The molecule has 0 radical (unpaired) electrons. The van der Waals surface area contributed by atoms with Crippen molar-refractivity contribution in [2.45, 2.75) is 32.2 Å². The smallest absolute Gasteiger partial charge is 0.251 e. The Morgan fingerprint density at radius 3 is 2.75 bits per heavy atom. The fourth-order valence-corrected chi connectivity index (χ4v) is 2.82. The van der Waals surface area contributed by atoms with E-state index < -0.39 is 0 Å². The monoisotopic (exact) mass is 275 g/mol. The molecule has 4 heteroatoms. The van der Waals surface area contributed by atoms with E-state index in [1.165, 1.54) is 12.8 Å². The van der Waals surface area contributed by atoms with Gasteiger partial charge < -0.3 is 16.0 Å². The Morgan fingerprint density at radius 1 is 1.35 bits per heavy atom. The topological polar surface area (TPSA) is 58.4 Å². The van der Waals surface area contributed by atoms with E-state index in [2.05, 4.69) is 17.1 Å². The fraction of sp³-hybridized carbons (Fsp3) is 0.562. The molecule has 4 nitrogen and oxygen atoms in total. The van der Waals surface area contributed by atoms with Gasteiger partial charge in [0.1, 0.15) is 0 Å². The third-order valence-electron chi connectivity index (χ3n) is 3.78. The maximum absolute atomic E-state index is 12.4. The summed E-state index contributed by atoms with van der Waals surface area (Å²) in [7, 11) is 0. The van der Waals surface area contributed by atoms with Crippen molar-refractivity contribution in [2.75, 3.05) is 26.2 Å². The number of nitrogens with one attached hydrogen (secondary N) is 1. The van der Waals surface area contributed by atoms with Crippen LogP contribution in [0.4, 0.5) is 0 Å². The lowest BCUT2D eigenvalue weighted by Crippen LogP contribution is -2.41. The minimum absolute atomic E-state index is 0.0146. The highest BCUT2D eigenvalue weighted by Crippen LogP contribution is 2.11. The molecule has 1 saturated heterocycles. The molecule has 1 aromatic rings. The number of benzene rings is 1. The number of carbonyl (C=O) groups excluding carboxylic acids is 1. The molecule has 1 amide bonds. The van der Waals surface area contributed by atoms with Crippen LogP contribution < -0.4 is 11.1 Å². The number of amides is 1. The van der Waals surface area contributed by atoms with E-state index in [9.17, 15) is 4.79 Å². The lowest BCUT2D eigenvalue weighted by molar-refractivity contribution is 0.0931. The summed E-state index contributed by atoms with van der Waals surface area (Å²) < 4.78 is 0. The molecule has 1 aliphatic rings. The lowest BCUT2D eigenvalue weighted by atomic mass is 10.0. The van der Waals surface area contributed by atoms with Crippen LogP contribution in [0.2, 0.25) is 0 Å². The van der Waals surface area contributed by atoms with Gasteiger partial charge in [-0.1, -0.05) is 18.2 Å². The number of carbonyl (C=O) groups is 1. The Kier molecular flexibility index (Phi) is 5.56. The van der Waals surface area contributed by atoms with Crippen LogP contribution in [0.25, 0.3) is 0 Å². The summed E-state index contributed by atoms with van der Waals surface area (Å²) in [6.07, 6.45) is 3.30. The Labute approximate surface area is 121 Å². The maximum Gasteiger partial charge on any atom is 0.251 e. The summed E-state index contributed by atoms with van der Waals surface area (Å²) in [4.78, 5) is 14.8. The number of hydrogen-bond donors (Lipinski definition) is 2. The van der Waals surface area contributed by atoms with Crippen molar-refractivity contribution in [1.29, 1.82) is 0 Å². The average Bonchev–Trinajstić information content (AvgIpc) is 2.92. The van der Waals surface area contributed by atoms with Gasteiger partial charge in [0, 0.05) is 18.2 Å². The van der Waals surface area contributed by atoms with Crippen LogP contribution in [0.1, 0.15) is 35.7 Å². The first kappa shape index (κ1) is 15.0. The van der Waals surface area contributed by atoms with Crippen LogP contribution in [0, 0.1) is 0 Å². The van der Waals surface area contributed by atoms with E-state index in [4.69, 9.17) is 5.73 Å². The molecule has 0 bridgehead atoms. The molecule has 0 saturated carbocycles. The molecule has 1 atom stereocenters. The molecule has 0 aromatic heterocycles. The van der Waals surface area contributed by atoms with Crippen molar-refractivity contribution in [3.05, 3.63) is 35.4 Å². The summed E-state index contributed by atoms with van der Waals surface area (Å²) in [6.45, 7) is 5.88. The van der Waals surface area contributed by atoms with E-state index in [0.29, 0.717) is 6.54 Å². The van der Waals surface area contributed by atoms with Gasteiger partial charge in [-0.05, 0) is 57.5 Å². The summed E-state index contributed by atoms with van der Waals surface area (Å²) in [5, 5.41) is 3.10. The standard InChI is InChI=1S/C16H25N3O/c1-13(12-19-10-4-5-11-19)18-16(20)15-7-3-2-6-14(15)8-9-17/h2-3,6-7,13H,4-5,8-12,17H2,1H3,(H,18,20). The summed E-state index contributed by atoms with van der Waals surface area (Å²) in [5.74, 6) is 0.0146. The van der Waals surface area contributed by atoms with Gasteiger partial charge in [0.15, 0.2) is 0 Å². The number of likely N-dealkylation sites (tertiary alicyclic amines) is 1. The minimum atomic E-state index is 0.0146. The fourth-order valence-electron chi connectivity index (χ4n) is 2.82. The van der Waals surface area contributed by atoms with Gasteiger partial charge >= 0.3 is 0 Å². The van der Waals surface area contributed by atoms with Gasteiger partial charge in [-0.2, -0.15) is 0 Å². The molecular weight excluding hydrogens is 250 g/mol. The van der Waals surface area contributed by atoms with Crippen molar-refractivity contribution < 1.29 is 4.79 Å². The van der Waals surface area contributed by atoms with Crippen molar-refractivity contribution in [3.8, 4) is 0 Å². The first-order valence-electron chi connectivity index (χ1n) is 7.52. The maximum atomic E-state index is 12.4. The quantitative estimate of drug-likeness (QED) is 0.825. The molecule has 1 unspecified atom stereocenters. The normalized spacial score (nSPS) is 17.1.